The van der Waals surface area contributed by atoms with Crippen LogP contribution in [-0.2, 0) is 14.3 Å². The smallest absolute Gasteiger partial charge is 0.376 e. The van der Waals surface area contributed by atoms with E-state index in [2.05, 4.69) is 5.32 Å². The number of rotatable bonds is 4. The van der Waals surface area contributed by atoms with E-state index in [0.717, 1.165) is 6.20 Å². The first kappa shape index (κ1) is 13.5. The number of hydroxylamine groups is 2. The van der Waals surface area contributed by atoms with Gasteiger partial charge in [-0.25, -0.2) is 4.79 Å². The van der Waals surface area contributed by atoms with Gasteiger partial charge < -0.3 is 20.4 Å². The highest BCUT2D eigenvalue weighted by Gasteiger charge is 2.56. The third-order valence-corrected chi connectivity index (χ3v) is 2.63. The largest absolute Gasteiger partial charge is 0.625 e. The number of aliphatic carboxylic acids is 1. The summed E-state index contributed by atoms with van der Waals surface area (Å²) in [4.78, 5) is 23.1. The summed E-state index contributed by atoms with van der Waals surface area (Å²) >= 11 is 0. The zero-order valence-corrected chi connectivity index (χ0v) is 9.94. The van der Waals surface area contributed by atoms with Crippen LogP contribution in [-0.4, -0.2) is 29.6 Å². The van der Waals surface area contributed by atoms with Crippen LogP contribution >= 0.6 is 0 Å². The summed E-state index contributed by atoms with van der Waals surface area (Å²) in [5.41, 5.74) is -2.08. The molecule has 1 aliphatic rings. The second-order valence-electron chi connectivity index (χ2n) is 4.32. The number of quaternary nitrogens is 1. The second-order valence-corrected chi connectivity index (χ2v) is 4.32. The highest BCUT2D eigenvalue weighted by atomic mass is 16.6. The van der Waals surface area contributed by atoms with Crippen LogP contribution in [0.3, 0.4) is 0 Å². The molecule has 7 heteroatoms. The van der Waals surface area contributed by atoms with Crippen molar-refractivity contribution in [2.24, 2.45) is 5.92 Å². The molecule has 0 aromatic heterocycles. The lowest BCUT2D eigenvalue weighted by atomic mass is 9.86. The van der Waals surface area contributed by atoms with Gasteiger partial charge in [-0.15, -0.1) is 0 Å². The van der Waals surface area contributed by atoms with Crippen LogP contribution in [0.25, 0.3) is 0 Å². The molecule has 2 unspecified atom stereocenters. The lowest BCUT2D eigenvalue weighted by molar-refractivity contribution is -0.863. The van der Waals surface area contributed by atoms with Crippen LogP contribution in [0.15, 0.2) is 12.1 Å². The highest BCUT2D eigenvalue weighted by Crippen LogP contribution is 2.18. The Kier molecular flexibility index (Phi) is 3.74. The average molecular weight is 244 g/mol. The minimum absolute atomic E-state index is 0.0618. The van der Waals surface area contributed by atoms with Gasteiger partial charge in [-0.2, -0.15) is 0 Å². The van der Waals surface area contributed by atoms with Gasteiger partial charge >= 0.3 is 11.9 Å². The van der Waals surface area contributed by atoms with Crippen molar-refractivity contribution in [1.29, 1.82) is 0 Å². The Morgan fingerprint density at radius 3 is 2.71 bits per heavy atom. The van der Waals surface area contributed by atoms with E-state index in [1.807, 2.05) is 0 Å². The van der Waals surface area contributed by atoms with Crippen molar-refractivity contribution in [3.05, 3.63) is 17.3 Å². The molecule has 1 heterocycles. The molecule has 0 bridgehead atoms. The lowest BCUT2D eigenvalue weighted by Gasteiger charge is -2.40. The SMILES string of the molecule is COC1=CNC(=O)C(CC(C)C)(C(=O)O)[NH+]1[O-]. The Morgan fingerprint density at radius 1 is 1.71 bits per heavy atom. The predicted molar refractivity (Wildman–Crippen MR) is 57.4 cm³/mol. The molecule has 96 valence electrons. The predicted octanol–water partition coefficient (Wildman–Crippen LogP) is -1.19. The van der Waals surface area contributed by atoms with Gasteiger partial charge in [0, 0.05) is 6.42 Å². The monoisotopic (exact) mass is 244 g/mol. The molecule has 0 saturated heterocycles. The highest BCUT2D eigenvalue weighted by molar-refractivity contribution is 6.05. The van der Waals surface area contributed by atoms with Gasteiger partial charge in [-0.05, 0) is 5.92 Å². The molecule has 0 saturated carbocycles. The van der Waals surface area contributed by atoms with E-state index in [4.69, 9.17) is 4.74 Å². The zero-order valence-electron chi connectivity index (χ0n) is 9.94. The number of carbonyl (C=O) groups is 2. The molecule has 2 atom stereocenters. The first-order valence-electron chi connectivity index (χ1n) is 5.19. The van der Waals surface area contributed by atoms with Gasteiger partial charge in [0.25, 0.3) is 11.4 Å². The van der Waals surface area contributed by atoms with Crippen LogP contribution in [0, 0.1) is 11.1 Å². The van der Waals surface area contributed by atoms with Gasteiger partial charge in [0.15, 0.2) is 0 Å². The first-order chi connectivity index (χ1) is 7.86. The summed E-state index contributed by atoms with van der Waals surface area (Å²) < 4.78 is 4.77. The molecule has 7 nitrogen and oxygen atoms in total. The van der Waals surface area contributed by atoms with Crippen molar-refractivity contribution >= 4 is 11.9 Å². The number of nitrogens with one attached hydrogen (secondary N) is 2. The number of carboxylic acids is 1. The maximum absolute atomic E-state index is 12.0. The molecule has 0 aromatic rings. The number of carbonyl (C=O) groups excluding carboxylic acids is 1. The number of methoxy groups -OCH3 is 1. The average Bonchev–Trinajstić information content (AvgIpc) is 2.23. The Labute approximate surface area is 98.6 Å². The van der Waals surface area contributed by atoms with E-state index >= 15 is 0 Å². The quantitative estimate of drug-likeness (QED) is 0.426. The summed E-state index contributed by atoms with van der Waals surface area (Å²) in [6.45, 7) is 3.49. The molecule has 1 amide bonds. The van der Waals surface area contributed by atoms with Gasteiger partial charge in [0.1, 0.15) is 6.20 Å². The number of hydrogen-bond donors (Lipinski definition) is 3. The molecule has 1 rings (SSSR count). The van der Waals surface area contributed by atoms with Crippen LogP contribution in [0.5, 0.6) is 0 Å². The molecule has 1 aliphatic heterocycles. The van der Waals surface area contributed by atoms with E-state index in [-0.39, 0.29) is 18.2 Å². The van der Waals surface area contributed by atoms with Crippen LogP contribution in [0.1, 0.15) is 20.3 Å². The summed E-state index contributed by atoms with van der Waals surface area (Å²) in [6.07, 6.45) is 1.03. The van der Waals surface area contributed by atoms with Crippen molar-refractivity contribution in [2.75, 3.05) is 7.11 Å². The fourth-order valence-corrected chi connectivity index (χ4v) is 1.86. The standard InChI is InChI=1S/C10H16N2O5/c1-6(2)4-10(9(14)15)8(13)11-5-7(17-3)12(10)16/h5-6,12H,4H2,1-3H3,(H,11,13)(H,14,15). The van der Waals surface area contributed by atoms with E-state index < -0.39 is 22.5 Å². The Bertz CT molecular complexity index is 366. The fourth-order valence-electron chi connectivity index (χ4n) is 1.86. The van der Waals surface area contributed by atoms with E-state index in [1.165, 1.54) is 7.11 Å². The lowest BCUT2D eigenvalue weighted by Crippen LogP contribution is -3.19. The number of amides is 1. The fraction of sp³-hybridized carbons (Fsp3) is 0.600. The van der Waals surface area contributed by atoms with E-state index in [0.29, 0.717) is 0 Å². The number of carboxylic acid groups (broad SMARTS) is 1. The van der Waals surface area contributed by atoms with Crippen molar-refractivity contribution in [2.45, 2.75) is 25.8 Å². The van der Waals surface area contributed by atoms with E-state index in [1.54, 1.807) is 13.8 Å². The molecular weight excluding hydrogens is 228 g/mol. The normalized spacial score (nSPS) is 28.6. The van der Waals surface area contributed by atoms with Crippen LogP contribution in [0.4, 0.5) is 0 Å². The minimum atomic E-state index is -2.08. The number of ether oxygens (including phenoxy) is 1. The van der Waals surface area contributed by atoms with E-state index in [9.17, 15) is 19.9 Å². The molecular formula is C10H16N2O5. The molecule has 0 aliphatic carbocycles. The summed E-state index contributed by atoms with van der Waals surface area (Å²) in [5.74, 6) is -2.52. The Balaban J connectivity index is 3.23. The van der Waals surface area contributed by atoms with Crippen molar-refractivity contribution in [3.63, 3.8) is 0 Å². The molecule has 17 heavy (non-hydrogen) atoms. The number of hydrogen-bond acceptors (Lipinski definition) is 4. The van der Waals surface area contributed by atoms with Gasteiger partial charge in [0.05, 0.1) is 7.11 Å². The molecule has 3 N–H and O–H groups in total. The van der Waals surface area contributed by atoms with Gasteiger partial charge in [0.2, 0.25) is 0 Å². The topological polar surface area (TPSA) is 103 Å². The summed E-state index contributed by atoms with van der Waals surface area (Å²) in [7, 11) is 1.25. The zero-order chi connectivity index (χ0) is 13.2. The third-order valence-electron chi connectivity index (χ3n) is 2.63. The van der Waals surface area contributed by atoms with Gasteiger partial charge in [-0.1, -0.05) is 13.8 Å². The van der Waals surface area contributed by atoms with Crippen LogP contribution in [0.2, 0.25) is 0 Å². The summed E-state index contributed by atoms with van der Waals surface area (Å²) in [5, 5.41) is 22.7. The van der Waals surface area contributed by atoms with Crippen LogP contribution < -0.4 is 10.4 Å². The molecule has 0 radical (unpaired) electrons. The van der Waals surface area contributed by atoms with Crippen molar-refractivity contribution < 1.29 is 24.5 Å². The van der Waals surface area contributed by atoms with Crippen molar-refractivity contribution in [1.82, 2.24) is 5.32 Å². The molecule has 0 spiro atoms. The van der Waals surface area contributed by atoms with Crippen molar-refractivity contribution in [3.8, 4) is 0 Å². The third kappa shape index (κ3) is 2.11. The summed E-state index contributed by atoms with van der Waals surface area (Å²) in [6, 6.07) is 0. The van der Waals surface area contributed by atoms with Gasteiger partial charge in [-0.3, -0.25) is 9.86 Å². The Morgan fingerprint density at radius 2 is 2.29 bits per heavy atom. The maximum Gasteiger partial charge on any atom is 0.376 e. The Hall–Kier alpha value is -1.60. The first-order valence-corrected chi connectivity index (χ1v) is 5.19. The minimum Gasteiger partial charge on any atom is -0.625 e. The second kappa shape index (κ2) is 4.72. The molecule has 0 aromatic carbocycles. The molecule has 0 fully saturated rings. The maximum atomic E-state index is 12.0.